The second-order valence-corrected chi connectivity index (χ2v) is 7.82. The summed E-state index contributed by atoms with van der Waals surface area (Å²) >= 11 is 5.64. The smallest absolute Gasteiger partial charge is 0.198 e. The molecule has 0 atom stereocenters. The first-order valence-corrected chi connectivity index (χ1v) is 10.2. The third-order valence-electron chi connectivity index (χ3n) is 5.50. The fourth-order valence-corrected chi connectivity index (χ4v) is 4.00. The minimum atomic E-state index is 0.753. The van der Waals surface area contributed by atoms with Crippen LogP contribution in [0.5, 0.6) is 0 Å². The number of rotatable bonds is 5. The van der Waals surface area contributed by atoms with E-state index in [0.29, 0.717) is 0 Å². The SMILES string of the molecule is Cc1ccccc1N1CCN(Cn2nc(Cc3ccccc3)n(C)c2=S)CC1. The Morgan fingerprint density at radius 3 is 2.32 bits per heavy atom. The van der Waals surface area contributed by atoms with E-state index in [1.54, 1.807) is 0 Å². The molecule has 4 rings (SSSR count). The van der Waals surface area contributed by atoms with Crippen molar-refractivity contribution in [2.24, 2.45) is 7.05 Å². The Bertz CT molecular complexity index is 984. The molecular formula is C22H27N5S. The molecule has 1 aromatic heterocycles. The number of aryl methyl sites for hydroxylation is 1. The predicted octanol–water partition coefficient (Wildman–Crippen LogP) is 3.63. The Kier molecular flexibility index (Phi) is 5.59. The molecule has 0 spiro atoms. The summed E-state index contributed by atoms with van der Waals surface area (Å²) in [5.41, 5.74) is 3.94. The first kappa shape index (κ1) is 18.9. The maximum absolute atomic E-state index is 5.64. The van der Waals surface area contributed by atoms with Gasteiger partial charge in [-0.1, -0.05) is 48.5 Å². The molecule has 2 aromatic carbocycles. The molecule has 0 bridgehead atoms. The van der Waals surface area contributed by atoms with Crippen molar-refractivity contribution in [1.29, 1.82) is 0 Å². The summed E-state index contributed by atoms with van der Waals surface area (Å²) in [5.74, 6) is 1.01. The molecule has 1 aliphatic rings. The van der Waals surface area contributed by atoms with Crippen LogP contribution >= 0.6 is 12.2 Å². The van der Waals surface area contributed by atoms with E-state index in [1.165, 1.54) is 16.8 Å². The zero-order valence-electron chi connectivity index (χ0n) is 16.6. The minimum Gasteiger partial charge on any atom is -0.369 e. The van der Waals surface area contributed by atoms with Crippen molar-refractivity contribution in [3.05, 3.63) is 76.3 Å². The second-order valence-electron chi connectivity index (χ2n) is 7.45. The number of nitrogens with zero attached hydrogens (tertiary/aromatic N) is 5. The third kappa shape index (κ3) is 4.03. The highest BCUT2D eigenvalue weighted by Gasteiger charge is 2.19. The van der Waals surface area contributed by atoms with E-state index in [1.807, 2.05) is 22.4 Å². The summed E-state index contributed by atoms with van der Waals surface area (Å²) in [5, 5.41) is 4.81. The standard InChI is InChI=1S/C22H27N5S/c1-18-8-6-7-11-20(18)26-14-12-25(13-15-26)17-27-22(28)24(2)21(23-27)16-19-9-4-3-5-10-19/h3-11H,12-17H2,1-2H3. The van der Waals surface area contributed by atoms with Crippen LogP contribution in [0, 0.1) is 11.7 Å². The van der Waals surface area contributed by atoms with E-state index in [-0.39, 0.29) is 0 Å². The maximum atomic E-state index is 5.64. The van der Waals surface area contributed by atoms with Crippen LogP contribution in [0.3, 0.4) is 0 Å². The topological polar surface area (TPSA) is 29.2 Å². The van der Waals surface area contributed by atoms with Crippen LogP contribution in [0.25, 0.3) is 0 Å². The number of benzene rings is 2. The Morgan fingerprint density at radius 1 is 0.929 bits per heavy atom. The monoisotopic (exact) mass is 393 g/mol. The van der Waals surface area contributed by atoms with Gasteiger partial charge in [0.05, 0.1) is 6.67 Å². The first-order valence-electron chi connectivity index (χ1n) is 9.81. The van der Waals surface area contributed by atoms with Crippen LogP contribution in [-0.4, -0.2) is 45.4 Å². The van der Waals surface area contributed by atoms with Crippen LogP contribution in [0.2, 0.25) is 0 Å². The molecule has 5 nitrogen and oxygen atoms in total. The van der Waals surface area contributed by atoms with Gasteiger partial charge in [0.15, 0.2) is 4.77 Å². The molecule has 1 saturated heterocycles. The van der Waals surface area contributed by atoms with E-state index in [0.717, 1.165) is 49.9 Å². The first-order chi connectivity index (χ1) is 13.6. The Labute approximate surface area is 171 Å². The summed E-state index contributed by atoms with van der Waals surface area (Å²) in [6.07, 6.45) is 0.801. The van der Waals surface area contributed by atoms with Crippen molar-refractivity contribution >= 4 is 17.9 Å². The summed E-state index contributed by atoms with van der Waals surface area (Å²) in [4.78, 5) is 4.91. The number of piperazine rings is 1. The normalized spacial score (nSPS) is 15.1. The van der Waals surface area contributed by atoms with E-state index >= 15 is 0 Å². The van der Waals surface area contributed by atoms with Gasteiger partial charge < -0.3 is 9.47 Å². The van der Waals surface area contributed by atoms with E-state index in [4.69, 9.17) is 17.3 Å². The van der Waals surface area contributed by atoms with Crippen molar-refractivity contribution in [3.63, 3.8) is 0 Å². The van der Waals surface area contributed by atoms with E-state index < -0.39 is 0 Å². The van der Waals surface area contributed by atoms with E-state index in [2.05, 4.69) is 65.3 Å². The molecule has 28 heavy (non-hydrogen) atoms. The molecule has 0 amide bonds. The second kappa shape index (κ2) is 8.29. The minimum absolute atomic E-state index is 0.753. The van der Waals surface area contributed by atoms with Crippen LogP contribution in [0.1, 0.15) is 17.0 Å². The maximum Gasteiger partial charge on any atom is 0.198 e. The number of hydrogen-bond donors (Lipinski definition) is 0. The Hall–Kier alpha value is -2.44. The third-order valence-corrected chi connectivity index (χ3v) is 5.98. The van der Waals surface area contributed by atoms with Crippen LogP contribution in [0.15, 0.2) is 54.6 Å². The lowest BCUT2D eigenvalue weighted by molar-refractivity contribution is 0.194. The molecule has 6 heteroatoms. The van der Waals surface area contributed by atoms with Crippen LogP contribution < -0.4 is 4.90 Å². The summed E-state index contributed by atoms with van der Waals surface area (Å²) < 4.78 is 4.79. The van der Waals surface area contributed by atoms with Crippen LogP contribution in [-0.2, 0) is 20.1 Å². The molecule has 146 valence electrons. The number of para-hydroxylation sites is 1. The molecule has 0 radical (unpaired) electrons. The highest BCUT2D eigenvalue weighted by molar-refractivity contribution is 7.71. The highest BCUT2D eigenvalue weighted by Crippen LogP contribution is 2.21. The fourth-order valence-electron chi connectivity index (χ4n) is 3.80. The van der Waals surface area contributed by atoms with Gasteiger partial charge in [0.25, 0.3) is 0 Å². The van der Waals surface area contributed by atoms with Crippen molar-refractivity contribution in [3.8, 4) is 0 Å². The van der Waals surface area contributed by atoms with Crippen molar-refractivity contribution < 1.29 is 0 Å². The lowest BCUT2D eigenvalue weighted by Crippen LogP contribution is -2.47. The quantitative estimate of drug-likeness (QED) is 0.619. The highest BCUT2D eigenvalue weighted by atomic mass is 32.1. The van der Waals surface area contributed by atoms with Gasteiger partial charge in [-0.3, -0.25) is 4.90 Å². The zero-order chi connectivity index (χ0) is 19.5. The lowest BCUT2D eigenvalue weighted by Gasteiger charge is -2.36. The van der Waals surface area contributed by atoms with Crippen LogP contribution in [0.4, 0.5) is 5.69 Å². The zero-order valence-corrected chi connectivity index (χ0v) is 17.4. The van der Waals surface area contributed by atoms with Gasteiger partial charge in [-0.2, -0.15) is 5.10 Å². The molecule has 0 aliphatic carbocycles. The van der Waals surface area contributed by atoms with Crippen molar-refractivity contribution in [2.45, 2.75) is 20.0 Å². The van der Waals surface area contributed by atoms with Gasteiger partial charge in [0.2, 0.25) is 0 Å². The Balaban J connectivity index is 1.41. The Morgan fingerprint density at radius 2 is 1.61 bits per heavy atom. The molecule has 0 unspecified atom stereocenters. The number of aromatic nitrogens is 3. The van der Waals surface area contributed by atoms with E-state index in [9.17, 15) is 0 Å². The molecule has 2 heterocycles. The number of hydrogen-bond acceptors (Lipinski definition) is 4. The summed E-state index contributed by atoms with van der Waals surface area (Å²) in [6, 6.07) is 19.1. The molecule has 3 aromatic rings. The average Bonchev–Trinajstić information content (AvgIpc) is 2.98. The van der Waals surface area contributed by atoms with Gasteiger partial charge >= 0.3 is 0 Å². The average molecular weight is 394 g/mol. The molecule has 0 N–H and O–H groups in total. The fraction of sp³-hybridized carbons (Fsp3) is 0.364. The molecule has 0 saturated carbocycles. The van der Waals surface area contributed by atoms with Gasteiger partial charge in [-0.05, 0) is 36.3 Å². The van der Waals surface area contributed by atoms with Crippen molar-refractivity contribution in [1.82, 2.24) is 19.2 Å². The molecule has 1 fully saturated rings. The lowest BCUT2D eigenvalue weighted by atomic mass is 10.1. The largest absolute Gasteiger partial charge is 0.369 e. The van der Waals surface area contributed by atoms with Gasteiger partial charge in [0.1, 0.15) is 5.82 Å². The van der Waals surface area contributed by atoms with Gasteiger partial charge in [-0.15, -0.1) is 0 Å². The molecular weight excluding hydrogens is 366 g/mol. The van der Waals surface area contributed by atoms with Crippen molar-refractivity contribution in [2.75, 3.05) is 31.1 Å². The number of anilines is 1. The summed E-state index contributed by atoms with van der Waals surface area (Å²) in [6.45, 7) is 7.03. The van der Waals surface area contributed by atoms with Gasteiger partial charge in [0, 0.05) is 45.3 Å². The summed E-state index contributed by atoms with van der Waals surface area (Å²) in [7, 11) is 2.01. The molecule has 1 aliphatic heterocycles. The predicted molar refractivity (Wildman–Crippen MR) is 116 cm³/mol. The van der Waals surface area contributed by atoms with Gasteiger partial charge in [-0.25, -0.2) is 4.68 Å².